The Hall–Kier alpha value is -1.08. The van der Waals surface area contributed by atoms with E-state index in [0.29, 0.717) is 6.54 Å². The average Bonchev–Trinajstić information content (AvgIpc) is 2.59. The molecule has 1 aliphatic rings. The lowest BCUT2D eigenvalue weighted by Crippen LogP contribution is -2.41. The Morgan fingerprint density at radius 3 is 2.57 bits per heavy atom. The lowest BCUT2D eigenvalue weighted by molar-refractivity contribution is 0.0531. The lowest BCUT2D eigenvalue weighted by Gasteiger charge is -2.36. The lowest BCUT2D eigenvalue weighted by atomic mass is 9.74. The molecular formula is C18H28IN3O. The number of halogens is 1. The molecular weight excluding hydrogens is 401 g/mol. The smallest absolute Gasteiger partial charge is 0.191 e. The first kappa shape index (κ1) is 20.0. The topological polar surface area (TPSA) is 45.7 Å². The van der Waals surface area contributed by atoms with E-state index in [9.17, 15) is 0 Å². The number of guanidine groups is 1. The molecule has 1 aromatic rings. The quantitative estimate of drug-likeness (QED) is 0.316. The van der Waals surface area contributed by atoms with Crippen molar-refractivity contribution < 1.29 is 4.74 Å². The SMILES string of the molecule is C=CCNC(=NCC1(c2ccccc2)CCOCC1)NCC.I. The first-order chi connectivity index (χ1) is 10.8. The van der Waals surface area contributed by atoms with Gasteiger partial charge in [-0.3, -0.25) is 4.99 Å². The molecule has 128 valence electrons. The van der Waals surface area contributed by atoms with Gasteiger partial charge in [-0.05, 0) is 25.3 Å². The molecule has 1 aromatic carbocycles. The summed E-state index contributed by atoms with van der Waals surface area (Å²) in [6.07, 6.45) is 3.87. The summed E-state index contributed by atoms with van der Waals surface area (Å²) in [6, 6.07) is 10.7. The minimum atomic E-state index is 0. The van der Waals surface area contributed by atoms with Gasteiger partial charge in [-0.1, -0.05) is 36.4 Å². The van der Waals surface area contributed by atoms with Crippen LogP contribution < -0.4 is 10.6 Å². The van der Waals surface area contributed by atoms with Gasteiger partial charge in [0.25, 0.3) is 0 Å². The standard InChI is InChI=1S/C18H27N3O.HI/c1-3-12-20-17(19-4-2)21-15-18(10-13-22-14-11-18)16-8-6-5-7-9-16;/h3,5-9H,1,4,10-15H2,2H3,(H2,19,20,21);1H. The molecule has 0 atom stereocenters. The Balaban J connectivity index is 0.00000264. The molecule has 0 amide bonds. The van der Waals surface area contributed by atoms with Crippen molar-refractivity contribution in [2.75, 3.05) is 32.8 Å². The second kappa shape index (κ2) is 10.6. The van der Waals surface area contributed by atoms with Gasteiger partial charge in [-0.25, -0.2) is 0 Å². The number of benzene rings is 1. The Morgan fingerprint density at radius 2 is 1.96 bits per heavy atom. The number of hydrogen-bond acceptors (Lipinski definition) is 2. The Labute approximate surface area is 156 Å². The molecule has 1 aliphatic heterocycles. The largest absolute Gasteiger partial charge is 0.381 e. The van der Waals surface area contributed by atoms with Gasteiger partial charge in [0.15, 0.2) is 5.96 Å². The van der Waals surface area contributed by atoms with E-state index in [1.54, 1.807) is 0 Å². The maximum Gasteiger partial charge on any atom is 0.191 e. The first-order valence-corrected chi connectivity index (χ1v) is 8.07. The normalized spacial score (nSPS) is 17.0. The van der Waals surface area contributed by atoms with Crippen molar-refractivity contribution in [2.45, 2.75) is 25.2 Å². The molecule has 1 saturated heterocycles. The van der Waals surface area contributed by atoms with Crippen molar-refractivity contribution in [3.05, 3.63) is 48.6 Å². The third kappa shape index (κ3) is 5.80. The number of hydrogen-bond donors (Lipinski definition) is 2. The summed E-state index contributed by atoms with van der Waals surface area (Å²) < 4.78 is 5.57. The molecule has 23 heavy (non-hydrogen) atoms. The van der Waals surface area contributed by atoms with E-state index in [1.807, 2.05) is 6.08 Å². The Bertz CT molecular complexity index is 484. The van der Waals surface area contributed by atoms with Gasteiger partial charge in [0.2, 0.25) is 0 Å². The van der Waals surface area contributed by atoms with E-state index in [2.05, 4.69) is 54.5 Å². The van der Waals surface area contributed by atoms with Crippen molar-refractivity contribution in [1.29, 1.82) is 0 Å². The van der Waals surface area contributed by atoms with Crippen LogP contribution in [0.5, 0.6) is 0 Å². The molecule has 0 bridgehead atoms. The minimum Gasteiger partial charge on any atom is -0.381 e. The number of nitrogens with zero attached hydrogens (tertiary/aromatic N) is 1. The summed E-state index contributed by atoms with van der Waals surface area (Å²) >= 11 is 0. The zero-order valence-electron chi connectivity index (χ0n) is 13.9. The number of aliphatic imine (C=N–C) groups is 1. The van der Waals surface area contributed by atoms with Gasteiger partial charge in [0.05, 0.1) is 6.54 Å². The molecule has 0 unspecified atom stereocenters. The second-order valence-electron chi connectivity index (χ2n) is 5.62. The van der Waals surface area contributed by atoms with Crippen molar-refractivity contribution >= 4 is 29.9 Å². The molecule has 0 aromatic heterocycles. The number of rotatable bonds is 6. The maximum absolute atomic E-state index is 5.57. The van der Waals surface area contributed by atoms with E-state index in [0.717, 1.165) is 45.1 Å². The summed E-state index contributed by atoms with van der Waals surface area (Å²) in [5.74, 6) is 0.851. The third-order valence-electron chi connectivity index (χ3n) is 4.13. The minimum absolute atomic E-state index is 0. The summed E-state index contributed by atoms with van der Waals surface area (Å²) in [6.45, 7) is 9.77. The molecule has 0 spiro atoms. The first-order valence-electron chi connectivity index (χ1n) is 8.07. The van der Waals surface area contributed by atoms with Crippen LogP contribution >= 0.6 is 24.0 Å². The maximum atomic E-state index is 5.57. The van der Waals surface area contributed by atoms with E-state index < -0.39 is 0 Å². The highest BCUT2D eigenvalue weighted by Gasteiger charge is 2.34. The molecule has 0 aliphatic carbocycles. The summed E-state index contributed by atoms with van der Waals surface area (Å²) in [5.41, 5.74) is 1.44. The van der Waals surface area contributed by atoms with Crippen molar-refractivity contribution in [3.63, 3.8) is 0 Å². The molecule has 2 rings (SSSR count). The summed E-state index contributed by atoms with van der Waals surface area (Å²) in [5, 5.41) is 6.55. The predicted octanol–water partition coefficient (Wildman–Crippen LogP) is 3.09. The highest BCUT2D eigenvalue weighted by atomic mass is 127. The summed E-state index contributed by atoms with van der Waals surface area (Å²) in [4.78, 5) is 4.81. The van der Waals surface area contributed by atoms with E-state index in [1.165, 1.54) is 5.56 Å². The van der Waals surface area contributed by atoms with E-state index in [4.69, 9.17) is 9.73 Å². The average molecular weight is 429 g/mol. The second-order valence-corrected chi connectivity index (χ2v) is 5.62. The van der Waals surface area contributed by atoms with Crippen LogP contribution in [0.3, 0.4) is 0 Å². The van der Waals surface area contributed by atoms with Crippen molar-refractivity contribution in [3.8, 4) is 0 Å². The highest BCUT2D eigenvalue weighted by molar-refractivity contribution is 14.0. The Kier molecular flexibility index (Phi) is 9.24. The van der Waals surface area contributed by atoms with Crippen LogP contribution in [0, 0.1) is 0 Å². The van der Waals surface area contributed by atoms with Crippen LogP contribution in [0.1, 0.15) is 25.3 Å². The van der Waals surface area contributed by atoms with Gasteiger partial charge >= 0.3 is 0 Å². The van der Waals surface area contributed by atoms with Crippen LogP contribution in [0.15, 0.2) is 48.0 Å². The fourth-order valence-corrected chi connectivity index (χ4v) is 2.83. The van der Waals surface area contributed by atoms with Gasteiger partial charge in [0, 0.05) is 31.7 Å². The fourth-order valence-electron chi connectivity index (χ4n) is 2.83. The van der Waals surface area contributed by atoms with Gasteiger partial charge in [0.1, 0.15) is 0 Å². The van der Waals surface area contributed by atoms with E-state index in [-0.39, 0.29) is 29.4 Å². The molecule has 2 N–H and O–H groups in total. The molecule has 1 fully saturated rings. The molecule has 1 heterocycles. The zero-order valence-corrected chi connectivity index (χ0v) is 16.2. The molecule has 4 nitrogen and oxygen atoms in total. The zero-order chi connectivity index (χ0) is 15.7. The van der Waals surface area contributed by atoms with Gasteiger partial charge in [-0.15, -0.1) is 30.6 Å². The highest BCUT2D eigenvalue weighted by Crippen LogP contribution is 2.35. The number of ether oxygens (including phenoxy) is 1. The van der Waals surface area contributed by atoms with Crippen LogP contribution in [0.4, 0.5) is 0 Å². The summed E-state index contributed by atoms with van der Waals surface area (Å²) in [7, 11) is 0. The fraction of sp³-hybridized carbons (Fsp3) is 0.500. The van der Waals surface area contributed by atoms with Gasteiger partial charge in [-0.2, -0.15) is 0 Å². The van der Waals surface area contributed by atoms with Crippen LogP contribution in [-0.4, -0.2) is 38.8 Å². The third-order valence-corrected chi connectivity index (χ3v) is 4.13. The van der Waals surface area contributed by atoms with Gasteiger partial charge < -0.3 is 15.4 Å². The Morgan fingerprint density at radius 1 is 1.26 bits per heavy atom. The molecule has 5 heteroatoms. The molecule has 0 saturated carbocycles. The predicted molar refractivity (Wildman–Crippen MR) is 108 cm³/mol. The monoisotopic (exact) mass is 429 g/mol. The van der Waals surface area contributed by atoms with Crippen molar-refractivity contribution in [2.24, 2.45) is 4.99 Å². The van der Waals surface area contributed by atoms with Crippen LogP contribution in [0.25, 0.3) is 0 Å². The number of nitrogens with one attached hydrogen (secondary N) is 2. The van der Waals surface area contributed by atoms with Crippen LogP contribution in [0.2, 0.25) is 0 Å². The van der Waals surface area contributed by atoms with Crippen molar-refractivity contribution in [1.82, 2.24) is 10.6 Å². The van der Waals surface area contributed by atoms with Crippen LogP contribution in [-0.2, 0) is 10.2 Å². The molecule has 0 radical (unpaired) electrons. The van der Waals surface area contributed by atoms with E-state index >= 15 is 0 Å².